The van der Waals surface area contributed by atoms with Crippen molar-refractivity contribution >= 4 is 24.4 Å². The third kappa shape index (κ3) is 13.5. The number of carboxylic acid groups (broad SMARTS) is 1. The van der Waals surface area contributed by atoms with Crippen molar-refractivity contribution in [2.24, 2.45) is 11.7 Å². The van der Waals surface area contributed by atoms with Crippen LogP contribution in [0.3, 0.4) is 0 Å². The zero-order valence-corrected chi connectivity index (χ0v) is 26.5. The lowest BCUT2D eigenvalue weighted by molar-refractivity contribution is -0.139. The maximum absolute atomic E-state index is 12.5. The standard InChI is InChI=1S/C31H49NO11/c1-8-11-13-17-38-28(35)41-23-16-15-22(19-24(23)42-29(36)39-18-14-12-9-2)25(26(32)27(33)34)20(4)21(5)40-30(37)43-31(6,7)10-3/h15-16,19-21,25-26H,8-14,17-18,32H2,1-7H3,(H,33,34)/t20?,21?,25?,26-/m0/s1. The van der Waals surface area contributed by atoms with Crippen molar-refractivity contribution in [1.29, 1.82) is 0 Å². The normalized spacial score (nSPS) is 14.0. The molecule has 1 aromatic rings. The molecule has 4 atom stereocenters. The molecular weight excluding hydrogens is 562 g/mol. The highest BCUT2D eigenvalue weighted by Crippen LogP contribution is 2.37. The van der Waals surface area contributed by atoms with E-state index in [1.54, 1.807) is 27.7 Å². The molecule has 43 heavy (non-hydrogen) atoms. The van der Waals surface area contributed by atoms with Crippen molar-refractivity contribution < 1.29 is 52.7 Å². The van der Waals surface area contributed by atoms with Crippen molar-refractivity contribution in [2.45, 2.75) is 117 Å². The summed E-state index contributed by atoms with van der Waals surface area (Å²) in [5.41, 5.74) is 5.70. The van der Waals surface area contributed by atoms with E-state index >= 15 is 0 Å². The minimum Gasteiger partial charge on any atom is -0.480 e. The zero-order chi connectivity index (χ0) is 32.6. The molecule has 1 rings (SSSR count). The number of hydrogen-bond donors (Lipinski definition) is 2. The molecule has 0 saturated heterocycles. The molecule has 1 aromatic carbocycles. The molecule has 0 amide bonds. The smallest absolute Gasteiger partial charge is 0.480 e. The Hall–Kier alpha value is -3.54. The SMILES string of the molecule is CCCCCOC(=O)Oc1ccc(C(C(C)C(C)OC(=O)OC(C)(C)CC)[C@H](N)C(=O)O)cc1OC(=O)OCCCCC. The van der Waals surface area contributed by atoms with Crippen molar-refractivity contribution in [3.8, 4) is 11.5 Å². The molecule has 0 aliphatic heterocycles. The number of carbonyl (C=O) groups excluding carboxylic acids is 3. The Kier molecular flexibility index (Phi) is 16.5. The average Bonchev–Trinajstić information content (AvgIpc) is 2.94. The van der Waals surface area contributed by atoms with E-state index in [2.05, 4.69) is 0 Å². The van der Waals surface area contributed by atoms with Crippen LogP contribution in [0, 0.1) is 5.92 Å². The van der Waals surface area contributed by atoms with Crippen LogP contribution in [0.2, 0.25) is 0 Å². The summed E-state index contributed by atoms with van der Waals surface area (Å²) in [6.07, 6.45) is 1.72. The molecule has 0 radical (unpaired) electrons. The van der Waals surface area contributed by atoms with Crippen molar-refractivity contribution in [3.63, 3.8) is 0 Å². The van der Waals surface area contributed by atoms with Crippen molar-refractivity contribution in [1.82, 2.24) is 0 Å². The Bertz CT molecular complexity index is 1040. The predicted molar refractivity (Wildman–Crippen MR) is 158 cm³/mol. The van der Waals surface area contributed by atoms with Crippen molar-refractivity contribution in [3.05, 3.63) is 23.8 Å². The Labute approximate surface area is 254 Å². The molecule has 12 heteroatoms. The third-order valence-electron chi connectivity index (χ3n) is 7.15. The molecule has 3 unspecified atom stereocenters. The van der Waals surface area contributed by atoms with Gasteiger partial charge in [-0.1, -0.05) is 59.4 Å². The monoisotopic (exact) mass is 611 g/mol. The van der Waals surface area contributed by atoms with Crippen LogP contribution >= 0.6 is 0 Å². The highest BCUT2D eigenvalue weighted by Gasteiger charge is 2.36. The minimum atomic E-state index is -1.44. The molecule has 0 heterocycles. The van der Waals surface area contributed by atoms with Crippen LogP contribution in [-0.4, -0.2) is 60.5 Å². The van der Waals surface area contributed by atoms with E-state index in [9.17, 15) is 24.3 Å². The molecular formula is C31H49NO11. The first-order valence-electron chi connectivity index (χ1n) is 15.0. The van der Waals surface area contributed by atoms with Crippen LogP contribution < -0.4 is 15.2 Å². The number of unbranched alkanes of at least 4 members (excludes halogenated alkanes) is 4. The van der Waals surface area contributed by atoms with Gasteiger partial charge in [-0.15, -0.1) is 0 Å². The summed E-state index contributed by atoms with van der Waals surface area (Å²) >= 11 is 0. The summed E-state index contributed by atoms with van der Waals surface area (Å²) in [6, 6.07) is 2.75. The van der Waals surface area contributed by atoms with Crippen LogP contribution in [0.4, 0.5) is 14.4 Å². The number of aliphatic carboxylic acids is 1. The highest BCUT2D eigenvalue weighted by molar-refractivity contribution is 5.75. The summed E-state index contributed by atoms with van der Waals surface area (Å²) in [4.78, 5) is 49.3. The van der Waals surface area contributed by atoms with Crippen molar-refractivity contribution in [2.75, 3.05) is 13.2 Å². The summed E-state index contributed by atoms with van der Waals surface area (Å²) in [6.45, 7) is 12.9. The van der Waals surface area contributed by atoms with Crippen LogP contribution in [0.5, 0.6) is 11.5 Å². The number of benzene rings is 1. The van der Waals surface area contributed by atoms with Crippen LogP contribution in [0.15, 0.2) is 18.2 Å². The van der Waals surface area contributed by atoms with Gasteiger partial charge in [-0.25, -0.2) is 14.4 Å². The number of rotatable bonds is 18. The molecule has 244 valence electrons. The van der Waals surface area contributed by atoms with E-state index in [4.69, 9.17) is 34.2 Å². The second-order valence-corrected chi connectivity index (χ2v) is 11.1. The second-order valence-electron chi connectivity index (χ2n) is 11.1. The van der Waals surface area contributed by atoms with Crippen LogP contribution in [-0.2, 0) is 23.7 Å². The number of carboxylic acids is 1. The van der Waals surface area contributed by atoms with E-state index in [-0.39, 0.29) is 24.7 Å². The fourth-order valence-corrected chi connectivity index (χ4v) is 4.01. The lowest BCUT2D eigenvalue weighted by atomic mass is 9.79. The van der Waals surface area contributed by atoms with Gasteiger partial charge in [0, 0.05) is 11.8 Å². The number of carbonyl (C=O) groups is 4. The van der Waals surface area contributed by atoms with Gasteiger partial charge < -0.3 is 39.3 Å². The molecule has 0 aromatic heterocycles. The molecule has 0 spiro atoms. The summed E-state index contributed by atoms with van der Waals surface area (Å²) in [5, 5.41) is 9.81. The van der Waals surface area contributed by atoms with E-state index in [1.165, 1.54) is 18.2 Å². The van der Waals surface area contributed by atoms with Gasteiger partial charge in [-0.05, 0) is 57.7 Å². The molecule has 0 bridgehead atoms. The topological polar surface area (TPSA) is 170 Å². The summed E-state index contributed by atoms with van der Waals surface area (Å²) in [7, 11) is 0. The highest BCUT2D eigenvalue weighted by atomic mass is 16.7. The van der Waals surface area contributed by atoms with Crippen LogP contribution in [0.25, 0.3) is 0 Å². The number of ether oxygens (including phenoxy) is 6. The minimum absolute atomic E-state index is 0.130. The Morgan fingerprint density at radius 3 is 1.86 bits per heavy atom. The van der Waals surface area contributed by atoms with Gasteiger partial charge in [0.1, 0.15) is 17.7 Å². The fourth-order valence-electron chi connectivity index (χ4n) is 4.01. The maximum Gasteiger partial charge on any atom is 0.513 e. The van der Waals surface area contributed by atoms with Gasteiger partial charge >= 0.3 is 24.4 Å². The van der Waals surface area contributed by atoms with Gasteiger partial charge in [0.05, 0.1) is 13.2 Å². The summed E-state index contributed by atoms with van der Waals surface area (Å²) in [5.74, 6) is -3.21. The molecule has 12 nitrogen and oxygen atoms in total. The van der Waals surface area contributed by atoms with E-state index in [0.717, 1.165) is 25.7 Å². The van der Waals surface area contributed by atoms with Gasteiger partial charge in [-0.2, -0.15) is 0 Å². The third-order valence-corrected chi connectivity index (χ3v) is 7.15. The number of hydrogen-bond acceptors (Lipinski definition) is 11. The first kappa shape index (κ1) is 37.5. The van der Waals surface area contributed by atoms with E-state index in [1.807, 2.05) is 20.8 Å². The van der Waals surface area contributed by atoms with Gasteiger partial charge in [0.15, 0.2) is 11.5 Å². The largest absolute Gasteiger partial charge is 0.513 e. The Balaban J connectivity index is 3.33. The Morgan fingerprint density at radius 1 is 0.837 bits per heavy atom. The molecule has 0 aliphatic carbocycles. The first-order chi connectivity index (χ1) is 20.3. The molecule has 0 aliphatic rings. The van der Waals surface area contributed by atoms with E-state index in [0.29, 0.717) is 24.8 Å². The molecule has 0 saturated carbocycles. The van der Waals surface area contributed by atoms with Gasteiger partial charge in [-0.3, -0.25) is 4.79 Å². The maximum atomic E-state index is 12.5. The second kappa shape index (κ2) is 18.9. The quantitative estimate of drug-likeness (QED) is 0.0758. The summed E-state index contributed by atoms with van der Waals surface area (Å²) < 4.78 is 31.8. The lowest BCUT2D eigenvalue weighted by Gasteiger charge is -2.32. The molecule has 0 fully saturated rings. The first-order valence-corrected chi connectivity index (χ1v) is 15.0. The zero-order valence-electron chi connectivity index (χ0n) is 26.5. The predicted octanol–water partition coefficient (Wildman–Crippen LogP) is 6.96. The lowest BCUT2D eigenvalue weighted by Crippen LogP contribution is -2.43. The Morgan fingerprint density at radius 2 is 1.37 bits per heavy atom. The number of nitrogens with two attached hydrogens (primary N) is 1. The molecule has 3 N–H and O–H groups in total. The van der Waals surface area contributed by atoms with E-state index < -0.39 is 54.0 Å². The average molecular weight is 612 g/mol. The fraction of sp³-hybridized carbons (Fsp3) is 0.677. The van der Waals surface area contributed by atoms with Gasteiger partial charge in [0.25, 0.3) is 0 Å². The van der Waals surface area contributed by atoms with Gasteiger partial charge in [0.2, 0.25) is 0 Å². The van der Waals surface area contributed by atoms with Crippen LogP contribution in [0.1, 0.15) is 105 Å².